The number of methoxy groups -OCH3 is 1. The second-order valence-electron chi connectivity index (χ2n) is 14.3. The van der Waals surface area contributed by atoms with Crippen LogP contribution < -0.4 is 31.6 Å². The third-order valence-corrected chi connectivity index (χ3v) is 11.4. The van der Waals surface area contributed by atoms with Gasteiger partial charge in [0.25, 0.3) is 5.56 Å². The zero-order valence-corrected chi connectivity index (χ0v) is 31.9. The first-order valence-corrected chi connectivity index (χ1v) is 19.4. The highest BCUT2D eigenvalue weighted by Crippen LogP contribution is 2.44. The summed E-state index contributed by atoms with van der Waals surface area (Å²) in [5.41, 5.74) is 9.59. The van der Waals surface area contributed by atoms with E-state index in [2.05, 4.69) is 44.5 Å². The Morgan fingerprint density at radius 2 is 1.51 bits per heavy atom. The van der Waals surface area contributed by atoms with Crippen molar-refractivity contribution >= 4 is 52.3 Å². The van der Waals surface area contributed by atoms with Crippen molar-refractivity contribution in [2.45, 2.75) is 63.7 Å². The highest BCUT2D eigenvalue weighted by Gasteiger charge is 2.24. The fraction of sp³-hybridized carbons (Fsp3) is 0.310. The number of hydrogen-bond donors (Lipinski definition) is 4. The standard InChI is InChI=1S/C42H41Cl2N7O4/c1-55-41-26(19-45-22-28-9-12-38(52)48-28)16-35(43)36(50-41)17-24-8-11-33-30(24)4-2-6-32(33)34-7-3-5-31(40(34)44)25-14-15-51-37(18-25)47-21-27(42(51)54)20-46-23-29-10-13-39(53)49-29/h2-7,14-18,21,28-29,45-46H,8-13,19-20,22-23H2,1H3,(H,48,52)(H,49,53)/b24-17-. The summed E-state index contributed by atoms with van der Waals surface area (Å²) < 4.78 is 7.21. The zero-order valence-electron chi connectivity index (χ0n) is 30.4. The van der Waals surface area contributed by atoms with Crippen molar-refractivity contribution in [2.75, 3.05) is 20.2 Å². The minimum atomic E-state index is -0.141. The molecule has 8 rings (SSSR count). The summed E-state index contributed by atoms with van der Waals surface area (Å²) in [6.45, 7) is 2.14. The molecule has 1 aliphatic carbocycles. The van der Waals surface area contributed by atoms with Crippen LogP contribution in [0.25, 0.3) is 39.6 Å². The number of pyridine rings is 2. The maximum Gasteiger partial charge on any atom is 0.262 e. The van der Waals surface area contributed by atoms with Crippen LogP contribution in [-0.4, -0.2) is 58.5 Å². The molecule has 0 radical (unpaired) electrons. The molecule has 11 nitrogen and oxygen atoms in total. The second kappa shape index (κ2) is 16.0. The third kappa shape index (κ3) is 7.75. The molecular weight excluding hydrogens is 737 g/mol. The van der Waals surface area contributed by atoms with Crippen LogP contribution in [0.3, 0.4) is 0 Å². The molecule has 2 aliphatic heterocycles. The van der Waals surface area contributed by atoms with Crippen LogP contribution in [0.1, 0.15) is 60.1 Å². The molecule has 2 unspecified atom stereocenters. The van der Waals surface area contributed by atoms with Crippen molar-refractivity contribution in [3.05, 3.63) is 115 Å². The minimum Gasteiger partial charge on any atom is -0.481 e. The highest BCUT2D eigenvalue weighted by atomic mass is 35.5. The van der Waals surface area contributed by atoms with E-state index in [1.54, 1.807) is 23.9 Å². The number of ether oxygens (including phenoxy) is 1. The van der Waals surface area contributed by atoms with Crippen LogP contribution in [0.5, 0.6) is 5.88 Å². The molecule has 2 amide bonds. The Bertz CT molecular complexity index is 2410. The van der Waals surface area contributed by atoms with E-state index in [1.165, 1.54) is 5.56 Å². The summed E-state index contributed by atoms with van der Waals surface area (Å²) in [5, 5.41) is 13.7. The van der Waals surface area contributed by atoms with Crippen molar-refractivity contribution in [3.8, 4) is 28.1 Å². The lowest BCUT2D eigenvalue weighted by atomic mass is 9.93. The number of allylic oxidation sites excluding steroid dienone is 1. The molecule has 2 fully saturated rings. The van der Waals surface area contributed by atoms with Crippen molar-refractivity contribution in [2.24, 2.45) is 0 Å². The first kappa shape index (κ1) is 36.9. The molecule has 4 N–H and O–H groups in total. The number of hydrogen-bond acceptors (Lipinski definition) is 8. The van der Waals surface area contributed by atoms with Gasteiger partial charge in [-0.25, -0.2) is 9.97 Å². The zero-order chi connectivity index (χ0) is 38.1. The molecule has 2 saturated heterocycles. The Kier molecular flexibility index (Phi) is 10.7. The number of rotatable bonds is 12. The second-order valence-corrected chi connectivity index (χ2v) is 15.1. The third-order valence-electron chi connectivity index (χ3n) is 10.7. The van der Waals surface area contributed by atoms with Gasteiger partial charge in [-0.15, -0.1) is 0 Å². The minimum absolute atomic E-state index is 0.0670. The van der Waals surface area contributed by atoms with Gasteiger partial charge in [-0.3, -0.25) is 18.8 Å². The molecule has 2 atom stereocenters. The number of carbonyl (C=O) groups excluding carboxylic acids is 2. The summed E-state index contributed by atoms with van der Waals surface area (Å²) in [6.07, 6.45) is 9.78. The van der Waals surface area contributed by atoms with E-state index in [4.69, 9.17) is 32.9 Å². The largest absolute Gasteiger partial charge is 0.481 e. The molecule has 13 heteroatoms. The molecule has 55 heavy (non-hydrogen) atoms. The monoisotopic (exact) mass is 777 g/mol. The summed E-state index contributed by atoms with van der Waals surface area (Å²) in [5.74, 6) is 0.668. The quantitative estimate of drug-likeness (QED) is 0.122. The average molecular weight is 779 g/mol. The Morgan fingerprint density at radius 1 is 0.836 bits per heavy atom. The van der Waals surface area contributed by atoms with Gasteiger partial charge in [0.1, 0.15) is 5.65 Å². The van der Waals surface area contributed by atoms with E-state index in [0.717, 1.165) is 64.6 Å². The maximum absolute atomic E-state index is 13.3. The van der Waals surface area contributed by atoms with Crippen LogP contribution in [0.2, 0.25) is 10.0 Å². The predicted molar refractivity (Wildman–Crippen MR) is 215 cm³/mol. The number of carbonyl (C=O) groups is 2. The Morgan fingerprint density at radius 3 is 2.20 bits per heavy atom. The summed E-state index contributed by atoms with van der Waals surface area (Å²) in [4.78, 5) is 45.8. The van der Waals surface area contributed by atoms with Crippen molar-refractivity contribution in [1.29, 1.82) is 0 Å². The molecule has 0 spiro atoms. The molecule has 5 aromatic rings. The van der Waals surface area contributed by atoms with E-state index in [9.17, 15) is 14.4 Å². The van der Waals surface area contributed by atoms with Gasteiger partial charge in [0.2, 0.25) is 17.7 Å². The van der Waals surface area contributed by atoms with Gasteiger partial charge < -0.3 is 26.0 Å². The van der Waals surface area contributed by atoms with E-state index in [0.29, 0.717) is 71.9 Å². The number of nitrogens with one attached hydrogen (secondary N) is 4. The van der Waals surface area contributed by atoms with E-state index >= 15 is 0 Å². The highest BCUT2D eigenvalue weighted by molar-refractivity contribution is 6.36. The molecule has 3 aliphatic rings. The fourth-order valence-corrected chi connectivity index (χ4v) is 8.40. The van der Waals surface area contributed by atoms with Gasteiger partial charge in [0.05, 0.1) is 22.8 Å². The Hall–Kier alpha value is -5.07. The number of halogens is 2. The number of aromatic nitrogens is 3. The van der Waals surface area contributed by atoms with Gasteiger partial charge in [0, 0.05) is 85.8 Å². The molecule has 2 aromatic carbocycles. The van der Waals surface area contributed by atoms with Crippen LogP contribution in [-0.2, 0) is 29.1 Å². The van der Waals surface area contributed by atoms with E-state index < -0.39 is 0 Å². The fourth-order valence-electron chi connectivity index (χ4n) is 7.83. The SMILES string of the molecule is COc1nc(/C=C2/CCc3c2cccc3-c2cccc(-c3ccn4c(=O)c(CNCC5CCC(=O)N5)cnc4c3)c2Cl)c(Cl)cc1CNCC1CCC(=O)N1. The lowest BCUT2D eigenvalue weighted by Gasteiger charge is -2.15. The van der Waals surface area contributed by atoms with Crippen molar-refractivity contribution < 1.29 is 14.3 Å². The number of amides is 2. The molecule has 5 heterocycles. The number of fused-ring (bicyclic) bond motifs is 2. The average Bonchev–Trinajstić information content (AvgIpc) is 3.93. The van der Waals surface area contributed by atoms with Gasteiger partial charge >= 0.3 is 0 Å². The predicted octanol–water partition coefficient (Wildman–Crippen LogP) is 5.96. The van der Waals surface area contributed by atoms with Gasteiger partial charge in [-0.05, 0) is 77.8 Å². The number of benzene rings is 2. The first-order chi connectivity index (χ1) is 26.7. The van der Waals surface area contributed by atoms with Gasteiger partial charge in [-0.2, -0.15) is 0 Å². The Balaban J connectivity index is 1.01. The topological polar surface area (TPSA) is 139 Å². The number of nitrogens with zero attached hydrogens (tertiary/aromatic N) is 3. The first-order valence-electron chi connectivity index (χ1n) is 18.6. The van der Waals surface area contributed by atoms with Crippen LogP contribution >= 0.6 is 23.2 Å². The Labute approximate surface area is 328 Å². The summed E-state index contributed by atoms with van der Waals surface area (Å²) >= 11 is 14.0. The van der Waals surface area contributed by atoms with Crippen LogP contribution in [0, 0.1) is 0 Å². The smallest absolute Gasteiger partial charge is 0.262 e. The van der Waals surface area contributed by atoms with Crippen molar-refractivity contribution in [3.63, 3.8) is 0 Å². The lowest BCUT2D eigenvalue weighted by Crippen LogP contribution is -2.36. The van der Waals surface area contributed by atoms with E-state index in [1.807, 2.05) is 42.5 Å². The van der Waals surface area contributed by atoms with E-state index in [-0.39, 0.29) is 29.5 Å². The van der Waals surface area contributed by atoms with Crippen molar-refractivity contribution in [1.82, 2.24) is 35.6 Å². The lowest BCUT2D eigenvalue weighted by molar-refractivity contribution is -0.120. The normalized spacial score (nSPS) is 18.6. The van der Waals surface area contributed by atoms with Crippen LogP contribution in [0.4, 0.5) is 0 Å². The van der Waals surface area contributed by atoms with Gasteiger partial charge in [0.15, 0.2) is 0 Å². The molecule has 0 bridgehead atoms. The molecular formula is C42H41Cl2N7O4. The molecule has 3 aromatic heterocycles. The van der Waals surface area contributed by atoms with Gasteiger partial charge in [-0.1, -0.05) is 59.6 Å². The summed E-state index contributed by atoms with van der Waals surface area (Å²) in [7, 11) is 1.61. The van der Waals surface area contributed by atoms with Crippen LogP contribution in [0.15, 0.2) is 71.8 Å². The summed E-state index contributed by atoms with van der Waals surface area (Å²) in [6, 6.07) is 18.2. The molecule has 282 valence electrons. The maximum atomic E-state index is 13.3. The molecule has 0 saturated carbocycles.